The average Bonchev–Trinajstić information content (AvgIpc) is 2.44. The van der Waals surface area contributed by atoms with Gasteiger partial charge in [-0.2, -0.15) is 0 Å². The molecule has 0 saturated carbocycles. The third-order valence-electron chi connectivity index (χ3n) is 2.89. The van der Waals surface area contributed by atoms with Gasteiger partial charge in [0.1, 0.15) is 11.6 Å². The highest BCUT2D eigenvalue weighted by Gasteiger charge is 2.16. The summed E-state index contributed by atoms with van der Waals surface area (Å²) in [6.45, 7) is 3.56. The van der Waals surface area contributed by atoms with Crippen LogP contribution in [0.15, 0.2) is 42.5 Å². The number of amides is 1. The van der Waals surface area contributed by atoms with E-state index >= 15 is 0 Å². The molecule has 0 spiro atoms. The van der Waals surface area contributed by atoms with Crippen LogP contribution < -0.4 is 10.1 Å². The quantitative estimate of drug-likeness (QED) is 0.919. The third kappa shape index (κ3) is 4.20. The standard InChI is InChI=1S/C16H15ClFNO2/c1-10-3-6-13(7-4-10)21-11(2)16(20)19-15-8-5-12(17)9-14(15)18/h3-9,11H,1-2H3,(H,19,20)/t11-/m0/s1. The molecule has 0 aliphatic heterocycles. The normalized spacial score (nSPS) is 11.8. The highest BCUT2D eigenvalue weighted by molar-refractivity contribution is 6.30. The fourth-order valence-electron chi connectivity index (χ4n) is 1.70. The van der Waals surface area contributed by atoms with Crippen molar-refractivity contribution in [2.45, 2.75) is 20.0 Å². The minimum atomic E-state index is -0.747. The van der Waals surface area contributed by atoms with Crippen LogP contribution in [0.5, 0.6) is 5.75 Å². The number of halogens is 2. The van der Waals surface area contributed by atoms with E-state index in [9.17, 15) is 9.18 Å². The molecule has 2 rings (SSSR count). The smallest absolute Gasteiger partial charge is 0.265 e. The molecule has 0 aliphatic rings. The van der Waals surface area contributed by atoms with Gasteiger partial charge in [-0.15, -0.1) is 0 Å². The van der Waals surface area contributed by atoms with Crippen molar-refractivity contribution in [2.75, 3.05) is 5.32 Å². The van der Waals surface area contributed by atoms with Crippen LogP contribution in [-0.4, -0.2) is 12.0 Å². The lowest BCUT2D eigenvalue weighted by Gasteiger charge is -2.15. The fourth-order valence-corrected chi connectivity index (χ4v) is 1.86. The topological polar surface area (TPSA) is 38.3 Å². The first-order valence-corrected chi connectivity index (χ1v) is 6.83. The van der Waals surface area contributed by atoms with Crippen LogP contribution in [0.3, 0.4) is 0 Å². The highest BCUT2D eigenvalue weighted by atomic mass is 35.5. The number of hydrogen-bond donors (Lipinski definition) is 1. The fraction of sp³-hybridized carbons (Fsp3) is 0.188. The zero-order chi connectivity index (χ0) is 15.4. The Morgan fingerprint density at radius 3 is 2.52 bits per heavy atom. The maximum atomic E-state index is 13.6. The third-order valence-corrected chi connectivity index (χ3v) is 3.13. The molecular weight excluding hydrogens is 293 g/mol. The summed E-state index contributed by atoms with van der Waals surface area (Å²) in [6, 6.07) is 11.4. The molecule has 0 unspecified atom stereocenters. The lowest BCUT2D eigenvalue weighted by molar-refractivity contribution is -0.122. The number of aryl methyl sites for hydroxylation is 1. The maximum Gasteiger partial charge on any atom is 0.265 e. The van der Waals surface area contributed by atoms with E-state index in [4.69, 9.17) is 16.3 Å². The molecule has 2 aromatic rings. The van der Waals surface area contributed by atoms with Gasteiger partial charge in [0.15, 0.2) is 6.10 Å². The predicted octanol–water partition coefficient (Wildman–Crippen LogP) is 4.19. The molecule has 0 aromatic heterocycles. The van der Waals surface area contributed by atoms with Crippen molar-refractivity contribution in [2.24, 2.45) is 0 Å². The van der Waals surface area contributed by atoms with Crippen LogP contribution in [0.25, 0.3) is 0 Å². The summed E-state index contributed by atoms with van der Waals surface area (Å²) in [7, 11) is 0. The van der Waals surface area contributed by atoms with Crippen LogP contribution in [0.4, 0.5) is 10.1 Å². The van der Waals surface area contributed by atoms with Crippen molar-refractivity contribution in [1.29, 1.82) is 0 Å². The molecule has 1 atom stereocenters. The van der Waals surface area contributed by atoms with Crippen LogP contribution in [-0.2, 0) is 4.79 Å². The molecule has 1 N–H and O–H groups in total. The van der Waals surface area contributed by atoms with E-state index in [1.165, 1.54) is 12.1 Å². The van der Waals surface area contributed by atoms with E-state index in [-0.39, 0.29) is 10.7 Å². The molecule has 3 nitrogen and oxygen atoms in total. The van der Waals surface area contributed by atoms with Crippen LogP contribution >= 0.6 is 11.6 Å². The van der Waals surface area contributed by atoms with Gasteiger partial charge in [0.05, 0.1) is 5.69 Å². The Labute approximate surface area is 127 Å². The first kappa shape index (κ1) is 15.3. The summed E-state index contributed by atoms with van der Waals surface area (Å²) in [5.74, 6) is -0.435. The number of benzene rings is 2. The van der Waals surface area contributed by atoms with E-state index in [2.05, 4.69) is 5.32 Å². The number of rotatable bonds is 4. The van der Waals surface area contributed by atoms with Crippen molar-refractivity contribution < 1.29 is 13.9 Å². The van der Waals surface area contributed by atoms with Gasteiger partial charge < -0.3 is 10.1 Å². The van der Waals surface area contributed by atoms with E-state index in [1.54, 1.807) is 19.1 Å². The number of carbonyl (C=O) groups excluding carboxylic acids is 1. The summed E-state index contributed by atoms with van der Waals surface area (Å²) >= 11 is 5.66. The Bertz CT molecular complexity index is 643. The largest absolute Gasteiger partial charge is 0.481 e. The van der Waals surface area contributed by atoms with E-state index in [0.29, 0.717) is 5.75 Å². The Kier molecular flexibility index (Phi) is 4.81. The second-order valence-electron chi connectivity index (χ2n) is 4.69. The van der Waals surface area contributed by atoms with Crippen molar-refractivity contribution in [3.05, 3.63) is 58.9 Å². The first-order valence-electron chi connectivity index (χ1n) is 6.45. The summed E-state index contributed by atoms with van der Waals surface area (Å²) in [4.78, 5) is 12.0. The molecule has 2 aromatic carbocycles. The molecule has 0 saturated heterocycles. The minimum absolute atomic E-state index is 0.0729. The zero-order valence-electron chi connectivity index (χ0n) is 11.7. The number of hydrogen-bond acceptors (Lipinski definition) is 2. The van der Waals surface area contributed by atoms with Crippen LogP contribution in [0.1, 0.15) is 12.5 Å². The van der Waals surface area contributed by atoms with Crippen LogP contribution in [0, 0.1) is 12.7 Å². The second kappa shape index (κ2) is 6.59. The van der Waals surface area contributed by atoms with Gasteiger partial charge in [0, 0.05) is 5.02 Å². The molecule has 0 aliphatic carbocycles. The Balaban J connectivity index is 2.00. The Hall–Kier alpha value is -2.07. The van der Waals surface area contributed by atoms with Crippen molar-refractivity contribution in [3.8, 4) is 5.75 Å². The lowest BCUT2D eigenvalue weighted by Crippen LogP contribution is -2.30. The van der Waals surface area contributed by atoms with Gasteiger partial charge in [0.2, 0.25) is 0 Å². The monoisotopic (exact) mass is 307 g/mol. The molecule has 0 radical (unpaired) electrons. The lowest BCUT2D eigenvalue weighted by atomic mass is 10.2. The molecular formula is C16H15ClFNO2. The molecule has 1 amide bonds. The van der Waals surface area contributed by atoms with Gasteiger partial charge in [-0.25, -0.2) is 4.39 Å². The van der Waals surface area contributed by atoms with E-state index in [0.717, 1.165) is 11.6 Å². The van der Waals surface area contributed by atoms with Gasteiger partial charge in [-0.3, -0.25) is 4.79 Å². The highest BCUT2D eigenvalue weighted by Crippen LogP contribution is 2.20. The predicted molar refractivity (Wildman–Crippen MR) is 81.3 cm³/mol. The molecule has 110 valence electrons. The van der Waals surface area contributed by atoms with Gasteiger partial charge in [-0.1, -0.05) is 29.3 Å². The zero-order valence-corrected chi connectivity index (χ0v) is 12.4. The molecule has 5 heteroatoms. The van der Waals surface area contributed by atoms with Crippen LogP contribution in [0.2, 0.25) is 5.02 Å². The summed E-state index contributed by atoms with van der Waals surface area (Å²) in [5, 5.41) is 2.74. The van der Waals surface area contributed by atoms with Gasteiger partial charge in [0.25, 0.3) is 5.91 Å². The second-order valence-corrected chi connectivity index (χ2v) is 5.12. The molecule has 0 bridgehead atoms. The average molecular weight is 308 g/mol. The summed E-state index contributed by atoms with van der Waals surface area (Å²) in [6.07, 6.45) is -0.747. The molecule has 0 heterocycles. The van der Waals surface area contributed by atoms with Crippen molar-refractivity contribution in [3.63, 3.8) is 0 Å². The maximum absolute atomic E-state index is 13.6. The number of ether oxygens (including phenoxy) is 1. The molecule has 0 fully saturated rings. The summed E-state index contributed by atoms with van der Waals surface area (Å²) < 4.78 is 19.1. The van der Waals surface area contributed by atoms with Crippen molar-refractivity contribution in [1.82, 2.24) is 0 Å². The minimum Gasteiger partial charge on any atom is -0.481 e. The molecule has 21 heavy (non-hydrogen) atoms. The Morgan fingerprint density at radius 2 is 1.90 bits per heavy atom. The SMILES string of the molecule is Cc1ccc(O[C@@H](C)C(=O)Nc2ccc(Cl)cc2F)cc1. The first-order chi connectivity index (χ1) is 9.95. The van der Waals surface area contributed by atoms with E-state index in [1.807, 2.05) is 19.1 Å². The van der Waals surface area contributed by atoms with Gasteiger partial charge >= 0.3 is 0 Å². The van der Waals surface area contributed by atoms with Crippen molar-refractivity contribution >= 4 is 23.2 Å². The number of anilines is 1. The number of carbonyl (C=O) groups is 1. The van der Waals surface area contributed by atoms with Gasteiger partial charge in [-0.05, 0) is 44.2 Å². The van der Waals surface area contributed by atoms with E-state index < -0.39 is 17.8 Å². The summed E-state index contributed by atoms with van der Waals surface area (Å²) in [5.41, 5.74) is 1.17. The Morgan fingerprint density at radius 1 is 1.24 bits per heavy atom. The number of nitrogens with one attached hydrogen (secondary N) is 1.